The average molecular weight is 829 g/mol. The summed E-state index contributed by atoms with van der Waals surface area (Å²) >= 11 is 0. The van der Waals surface area contributed by atoms with Crippen LogP contribution >= 0.6 is 0 Å². The molecule has 0 spiro atoms. The number of phenolic OH excluding ortho intramolecular Hbond substituents is 12. The second-order valence-corrected chi connectivity index (χ2v) is 13.0. The quantitative estimate of drug-likeness (QED) is 0.0427. The van der Waals surface area contributed by atoms with Crippen molar-refractivity contribution in [3.05, 3.63) is 35.4 Å². The summed E-state index contributed by atoms with van der Waals surface area (Å²) in [6.07, 6.45) is -8.80. The van der Waals surface area contributed by atoms with Gasteiger partial charge in [0.2, 0.25) is 35.4 Å². The molecule has 1 fully saturated rings. The zero-order valence-electron chi connectivity index (χ0n) is 29.5. The van der Waals surface area contributed by atoms with Crippen molar-refractivity contribution >= 4 is 23.9 Å². The van der Waals surface area contributed by atoms with Crippen LogP contribution in [0.15, 0.2) is 24.3 Å². The lowest BCUT2D eigenvalue weighted by molar-refractivity contribution is -0.281. The van der Waals surface area contributed by atoms with Gasteiger partial charge in [0.25, 0.3) is 0 Å². The minimum atomic E-state index is -2.25. The number of phenols is 12. The van der Waals surface area contributed by atoms with Gasteiger partial charge in [-0.2, -0.15) is 4.89 Å². The monoisotopic (exact) mass is 828 g/mol. The number of aromatic hydroxyl groups is 12. The van der Waals surface area contributed by atoms with Crippen LogP contribution in [0.5, 0.6) is 80.5 Å². The van der Waals surface area contributed by atoms with Gasteiger partial charge in [-0.25, -0.2) is 9.59 Å². The molecule has 59 heavy (non-hydrogen) atoms. The number of fused-ring (bicyclic) bond motifs is 9. The maximum absolute atomic E-state index is 14.5. The number of carbonyl (C=O) groups is 4. The molecule has 23 nitrogen and oxygen atoms in total. The molecule has 3 heterocycles. The molecule has 3 aliphatic heterocycles. The van der Waals surface area contributed by atoms with Gasteiger partial charge in [0.15, 0.2) is 57.8 Å². The first-order chi connectivity index (χ1) is 27.8. The fourth-order valence-electron chi connectivity index (χ4n) is 6.77. The van der Waals surface area contributed by atoms with Gasteiger partial charge in [-0.15, -0.1) is 0 Å². The second kappa shape index (κ2) is 14.2. The number of carbonyl (C=O) groups excluding carboxylic acids is 4. The summed E-state index contributed by atoms with van der Waals surface area (Å²) in [7, 11) is 0. The van der Waals surface area contributed by atoms with E-state index in [1.807, 2.05) is 0 Å². The fraction of sp³-hybridized carbons (Fsp3) is 0.222. The molecule has 4 aromatic rings. The summed E-state index contributed by atoms with van der Waals surface area (Å²) in [5.74, 6) is -24.5. The Kier molecular flexibility index (Phi) is 9.48. The van der Waals surface area contributed by atoms with Crippen molar-refractivity contribution < 1.29 is 114 Å². The molecule has 0 aliphatic carbocycles. The molecule has 5 atom stereocenters. The number of hydrogen-bond donors (Lipinski definition) is 12. The molecule has 3 aliphatic rings. The van der Waals surface area contributed by atoms with Crippen molar-refractivity contribution in [1.82, 2.24) is 0 Å². The van der Waals surface area contributed by atoms with E-state index in [-0.39, 0.29) is 0 Å². The van der Waals surface area contributed by atoms with E-state index in [1.165, 1.54) is 0 Å². The highest BCUT2D eigenvalue weighted by Crippen LogP contribution is 2.58. The molecular formula is C36H28O23. The molecule has 23 heteroatoms. The van der Waals surface area contributed by atoms with Crippen molar-refractivity contribution in [2.75, 3.05) is 6.61 Å². The highest BCUT2D eigenvalue weighted by Gasteiger charge is 2.56. The van der Waals surface area contributed by atoms with Crippen molar-refractivity contribution in [1.29, 1.82) is 0 Å². The summed E-state index contributed by atoms with van der Waals surface area (Å²) < 4.78 is 28.0. The van der Waals surface area contributed by atoms with Crippen LogP contribution in [0.3, 0.4) is 0 Å². The Bertz CT molecular complexity index is 2490. The molecule has 5 unspecified atom stereocenters. The van der Waals surface area contributed by atoms with Crippen LogP contribution in [-0.4, -0.2) is 116 Å². The van der Waals surface area contributed by atoms with Gasteiger partial charge in [-0.05, 0) is 12.1 Å². The normalized spacial score (nSPS) is 21.4. The first kappa shape index (κ1) is 39.3. The molecular weight excluding hydrogens is 800 g/mol. The van der Waals surface area contributed by atoms with Crippen molar-refractivity contribution in [2.45, 2.75) is 37.9 Å². The topological polar surface area (TPSA) is 376 Å². The molecule has 0 saturated carbocycles. The Labute approximate surface area is 326 Å². The van der Waals surface area contributed by atoms with Crippen LogP contribution < -0.4 is 9.62 Å². The van der Waals surface area contributed by atoms with Gasteiger partial charge in [-0.1, -0.05) is 0 Å². The number of ether oxygens (including phenoxy) is 5. The number of esters is 4. The first-order valence-corrected chi connectivity index (χ1v) is 16.7. The summed E-state index contributed by atoms with van der Waals surface area (Å²) in [4.78, 5) is 65.6. The lowest BCUT2D eigenvalue weighted by atomic mass is 9.86. The highest BCUT2D eigenvalue weighted by atomic mass is 17.2. The lowest BCUT2D eigenvalue weighted by Gasteiger charge is -2.44. The van der Waals surface area contributed by atoms with Crippen molar-refractivity contribution in [3.8, 4) is 103 Å². The number of rotatable bonds is 1. The van der Waals surface area contributed by atoms with Crippen molar-refractivity contribution in [3.63, 3.8) is 0 Å². The van der Waals surface area contributed by atoms with E-state index in [1.54, 1.807) is 0 Å². The van der Waals surface area contributed by atoms with Crippen LogP contribution in [0.25, 0.3) is 22.3 Å². The molecule has 4 aromatic carbocycles. The van der Waals surface area contributed by atoms with E-state index in [4.69, 9.17) is 33.5 Å². The van der Waals surface area contributed by atoms with Crippen LogP contribution in [0, 0.1) is 5.92 Å². The van der Waals surface area contributed by atoms with Crippen LogP contribution in [-0.2, 0) is 33.4 Å². The van der Waals surface area contributed by atoms with Crippen molar-refractivity contribution in [2.24, 2.45) is 5.92 Å². The predicted octanol–water partition coefficient (Wildman–Crippen LogP) is 1.78. The Balaban J connectivity index is 1.46. The second-order valence-electron chi connectivity index (χ2n) is 13.0. The molecule has 0 aromatic heterocycles. The van der Waals surface area contributed by atoms with E-state index >= 15 is 0 Å². The van der Waals surface area contributed by atoms with E-state index < -0.39 is 181 Å². The summed E-state index contributed by atoms with van der Waals surface area (Å²) in [6.45, 7) is 0.242. The van der Waals surface area contributed by atoms with E-state index in [0.29, 0.717) is 24.3 Å². The van der Waals surface area contributed by atoms with Gasteiger partial charge in [-0.3, -0.25) is 9.59 Å². The summed E-state index contributed by atoms with van der Waals surface area (Å²) in [6, 6.07) is 2.23. The van der Waals surface area contributed by atoms with Crippen LogP contribution in [0.2, 0.25) is 0 Å². The molecule has 310 valence electrons. The molecule has 1 saturated heterocycles. The molecule has 12 N–H and O–H groups in total. The third kappa shape index (κ3) is 6.34. The minimum Gasteiger partial charge on any atom is -0.504 e. The molecule has 0 bridgehead atoms. The Morgan fingerprint density at radius 1 is 0.593 bits per heavy atom. The molecule has 0 amide bonds. The Morgan fingerprint density at radius 2 is 1.03 bits per heavy atom. The number of benzene rings is 4. The smallest absolute Gasteiger partial charge is 0.339 e. The minimum absolute atomic E-state index is 0.498. The molecule has 7 rings (SSSR count). The standard InChI is InChI=1S/C36H28O23/c1-8(37)54-36-32-31(57-33(50)9-4-11(38)23(42)27(46)18(9)19-10(34(51)58-32)5-12(39)24(43)28(19)47)22-15(56-36)2-3-53-59-17-7-14(41)26(45)30(49)21(17)20-16(55-35(22)52)6-13(40)25(44)29(20)48/h4-7,15,22,31-32,36,38-49H,2-3H2,1H3. The average Bonchev–Trinajstić information content (AvgIpc) is 3.17. The van der Waals surface area contributed by atoms with Gasteiger partial charge >= 0.3 is 23.9 Å². The van der Waals surface area contributed by atoms with E-state index in [0.717, 1.165) is 6.92 Å². The van der Waals surface area contributed by atoms with Crippen LogP contribution in [0.1, 0.15) is 34.1 Å². The lowest BCUT2D eigenvalue weighted by Crippen LogP contribution is -2.61. The summed E-state index contributed by atoms with van der Waals surface area (Å²) in [5.41, 5.74) is -5.55. The van der Waals surface area contributed by atoms with Gasteiger partial charge < -0.3 is 89.9 Å². The third-order valence-electron chi connectivity index (χ3n) is 9.42. The van der Waals surface area contributed by atoms with Gasteiger partial charge in [0.1, 0.15) is 11.7 Å². The maximum Gasteiger partial charge on any atom is 0.339 e. The zero-order valence-corrected chi connectivity index (χ0v) is 29.5. The molecule has 0 radical (unpaired) electrons. The zero-order chi connectivity index (χ0) is 42.9. The largest absolute Gasteiger partial charge is 0.504 e. The Morgan fingerprint density at radius 3 is 1.54 bits per heavy atom. The van der Waals surface area contributed by atoms with Crippen LogP contribution in [0.4, 0.5) is 0 Å². The highest BCUT2D eigenvalue weighted by molar-refractivity contribution is 6.08. The van der Waals surface area contributed by atoms with E-state index in [2.05, 4.69) is 0 Å². The SMILES string of the molecule is CC(=O)OC1OC2CCOOc3cc(O)c(O)c(O)c3-c3c(cc(O)c(O)c3O)OC(=O)C2C2OC(=O)c3cc(O)c(O)c(O)c3-c3c(cc(O)c(O)c3O)C(=O)OC12. The third-order valence-corrected chi connectivity index (χ3v) is 9.42. The van der Waals surface area contributed by atoms with E-state index in [9.17, 15) is 80.5 Å². The predicted molar refractivity (Wildman–Crippen MR) is 183 cm³/mol. The van der Waals surface area contributed by atoms with Gasteiger partial charge in [0.05, 0.1) is 35.0 Å². The maximum atomic E-state index is 14.5. The van der Waals surface area contributed by atoms with Gasteiger partial charge in [0, 0.05) is 36.6 Å². The summed E-state index contributed by atoms with van der Waals surface area (Å²) in [5, 5.41) is 127. The fourth-order valence-corrected chi connectivity index (χ4v) is 6.77. The number of hydrogen-bond acceptors (Lipinski definition) is 23. The first-order valence-electron chi connectivity index (χ1n) is 16.7. The Hall–Kier alpha value is -7.92.